The Morgan fingerprint density at radius 1 is 1.35 bits per heavy atom. The first-order valence-corrected chi connectivity index (χ1v) is 5.32. The second-order valence-electron chi connectivity index (χ2n) is 3.42. The molecule has 0 radical (unpaired) electrons. The van der Waals surface area contributed by atoms with Gasteiger partial charge in [0.05, 0.1) is 0 Å². The molecule has 1 aromatic carbocycles. The summed E-state index contributed by atoms with van der Waals surface area (Å²) in [5.41, 5.74) is 1.01. The number of carbonyl (C=O) groups is 2. The lowest BCUT2D eigenvalue weighted by Gasteiger charge is -2.09. The van der Waals surface area contributed by atoms with Gasteiger partial charge in [-0.15, -0.1) is 0 Å². The summed E-state index contributed by atoms with van der Waals surface area (Å²) in [7, 11) is 0. The predicted molar refractivity (Wildman–Crippen MR) is 62.0 cm³/mol. The van der Waals surface area contributed by atoms with Gasteiger partial charge < -0.3 is 15.2 Å². The molecule has 0 heterocycles. The minimum atomic E-state index is -1.08. The molecule has 0 bridgehead atoms. The maximum Gasteiger partial charge on any atom is 0.322 e. The summed E-state index contributed by atoms with van der Waals surface area (Å²) in [5.74, 6) is -0.869. The van der Waals surface area contributed by atoms with Crippen LogP contribution in [0.3, 0.4) is 0 Å². The van der Waals surface area contributed by atoms with Gasteiger partial charge in [-0.1, -0.05) is 25.1 Å². The molecule has 92 valence electrons. The summed E-state index contributed by atoms with van der Waals surface area (Å²) >= 11 is 0. The van der Waals surface area contributed by atoms with Crippen LogP contribution in [0, 0.1) is 0 Å². The summed E-state index contributed by atoms with van der Waals surface area (Å²) < 4.78 is 5.32. The number of carbonyl (C=O) groups excluding carboxylic acids is 1. The number of benzene rings is 1. The molecule has 1 rings (SSSR count). The molecule has 0 unspecified atom stereocenters. The summed E-state index contributed by atoms with van der Waals surface area (Å²) in [6, 6.07) is 7.42. The summed E-state index contributed by atoms with van der Waals surface area (Å²) in [5, 5.41) is 10.6. The molecule has 0 saturated heterocycles. The molecule has 0 aliphatic rings. The Balaban J connectivity index is 2.44. The molecule has 0 aliphatic carbocycles. The lowest BCUT2D eigenvalue weighted by Crippen LogP contribution is -2.33. The maximum absolute atomic E-state index is 11.2. The first kappa shape index (κ1) is 13.0. The number of nitrogens with one attached hydrogen (secondary N) is 1. The monoisotopic (exact) mass is 237 g/mol. The van der Waals surface area contributed by atoms with Crippen LogP contribution in [0.25, 0.3) is 0 Å². The fourth-order valence-corrected chi connectivity index (χ4v) is 1.31. The molecule has 0 fully saturated rings. The van der Waals surface area contributed by atoms with E-state index in [4.69, 9.17) is 9.84 Å². The highest BCUT2D eigenvalue weighted by molar-refractivity contribution is 5.82. The van der Waals surface area contributed by atoms with Gasteiger partial charge in [-0.05, 0) is 18.1 Å². The standard InChI is InChI=1S/C12H15NO4/c1-2-9-5-3-4-6-10(9)17-8-11(14)13-7-12(15)16/h3-6H,2,7-8H2,1H3,(H,13,14)(H,15,16). The molecule has 5 heteroatoms. The number of amides is 1. The van der Waals surface area contributed by atoms with Crippen molar-refractivity contribution in [1.82, 2.24) is 5.32 Å². The van der Waals surface area contributed by atoms with Gasteiger partial charge in [0, 0.05) is 0 Å². The molecule has 0 atom stereocenters. The van der Waals surface area contributed by atoms with Gasteiger partial charge in [0.2, 0.25) is 0 Å². The van der Waals surface area contributed by atoms with Crippen LogP contribution in [0.4, 0.5) is 0 Å². The van der Waals surface area contributed by atoms with Gasteiger partial charge in [0.15, 0.2) is 6.61 Å². The summed E-state index contributed by atoms with van der Waals surface area (Å²) in [4.78, 5) is 21.4. The molecule has 0 aromatic heterocycles. The van der Waals surface area contributed by atoms with Crippen LogP contribution in [0.15, 0.2) is 24.3 Å². The van der Waals surface area contributed by atoms with E-state index in [0.29, 0.717) is 5.75 Å². The van der Waals surface area contributed by atoms with E-state index in [1.165, 1.54) is 0 Å². The first-order chi connectivity index (χ1) is 8.13. The van der Waals surface area contributed by atoms with E-state index in [2.05, 4.69) is 5.32 Å². The van der Waals surface area contributed by atoms with E-state index in [-0.39, 0.29) is 6.61 Å². The summed E-state index contributed by atoms with van der Waals surface area (Å²) in [6.07, 6.45) is 0.812. The lowest BCUT2D eigenvalue weighted by molar-refractivity contribution is -0.138. The van der Waals surface area contributed by atoms with Crippen molar-refractivity contribution in [3.63, 3.8) is 0 Å². The van der Waals surface area contributed by atoms with Crippen LogP contribution in [0.2, 0.25) is 0 Å². The number of hydrogen-bond donors (Lipinski definition) is 2. The van der Waals surface area contributed by atoms with Gasteiger partial charge in [-0.2, -0.15) is 0 Å². The van der Waals surface area contributed by atoms with Crippen LogP contribution < -0.4 is 10.1 Å². The Hall–Kier alpha value is -2.04. The highest BCUT2D eigenvalue weighted by atomic mass is 16.5. The molecular formula is C12H15NO4. The van der Waals surface area contributed by atoms with Crippen LogP contribution >= 0.6 is 0 Å². The Bertz CT molecular complexity index is 403. The molecular weight excluding hydrogens is 222 g/mol. The van der Waals surface area contributed by atoms with E-state index in [0.717, 1.165) is 12.0 Å². The number of ether oxygens (including phenoxy) is 1. The van der Waals surface area contributed by atoms with Crippen molar-refractivity contribution in [2.24, 2.45) is 0 Å². The van der Waals surface area contributed by atoms with E-state index in [1.54, 1.807) is 6.07 Å². The molecule has 0 aliphatic heterocycles. The average Bonchev–Trinajstić information content (AvgIpc) is 2.34. The fourth-order valence-electron chi connectivity index (χ4n) is 1.31. The fraction of sp³-hybridized carbons (Fsp3) is 0.333. The van der Waals surface area contributed by atoms with Crippen molar-refractivity contribution in [3.8, 4) is 5.75 Å². The number of carboxylic acids is 1. The van der Waals surface area contributed by atoms with Gasteiger partial charge in [-0.3, -0.25) is 9.59 Å². The Morgan fingerprint density at radius 2 is 2.06 bits per heavy atom. The lowest BCUT2D eigenvalue weighted by atomic mass is 10.1. The van der Waals surface area contributed by atoms with Crippen molar-refractivity contribution in [2.75, 3.05) is 13.2 Å². The molecule has 2 N–H and O–H groups in total. The van der Waals surface area contributed by atoms with Crippen LogP contribution in [-0.4, -0.2) is 30.1 Å². The van der Waals surface area contributed by atoms with Crippen molar-refractivity contribution in [2.45, 2.75) is 13.3 Å². The maximum atomic E-state index is 11.2. The molecule has 1 amide bonds. The van der Waals surface area contributed by atoms with E-state index in [9.17, 15) is 9.59 Å². The van der Waals surface area contributed by atoms with Crippen LogP contribution in [-0.2, 0) is 16.0 Å². The first-order valence-electron chi connectivity index (χ1n) is 5.32. The molecule has 5 nitrogen and oxygen atoms in total. The topological polar surface area (TPSA) is 75.6 Å². The number of aliphatic carboxylic acids is 1. The molecule has 0 saturated carbocycles. The second-order valence-corrected chi connectivity index (χ2v) is 3.42. The van der Waals surface area contributed by atoms with Crippen molar-refractivity contribution in [3.05, 3.63) is 29.8 Å². The molecule has 0 spiro atoms. The Morgan fingerprint density at radius 3 is 2.71 bits per heavy atom. The minimum absolute atomic E-state index is 0.176. The number of carboxylic acid groups (broad SMARTS) is 1. The van der Waals surface area contributed by atoms with E-state index < -0.39 is 18.4 Å². The number of aryl methyl sites for hydroxylation is 1. The predicted octanol–water partition coefficient (Wildman–Crippen LogP) is 0.829. The van der Waals surface area contributed by atoms with Crippen LogP contribution in [0.1, 0.15) is 12.5 Å². The molecule has 17 heavy (non-hydrogen) atoms. The van der Waals surface area contributed by atoms with Gasteiger partial charge >= 0.3 is 5.97 Å². The van der Waals surface area contributed by atoms with E-state index >= 15 is 0 Å². The Kier molecular flexibility index (Phi) is 5.00. The summed E-state index contributed by atoms with van der Waals surface area (Å²) in [6.45, 7) is 1.43. The zero-order valence-electron chi connectivity index (χ0n) is 9.60. The smallest absolute Gasteiger partial charge is 0.322 e. The second kappa shape index (κ2) is 6.52. The largest absolute Gasteiger partial charge is 0.483 e. The highest BCUT2D eigenvalue weighted by Gasteiger charge is 2.06. The number of para-hydroxylation sites is 1. The quantitative estimate of drug-likeness (QED) is 0.768. The number of rotatable bonds is 6. The average molecular weight is 237 g/mol. The normalized spacial score (nSPS) is 9.71. The zero-order valence-corrected chi connectivity index (χ0v) is 9.60. The third kappa shape index (κ3) is 4.55. The number of hydrogen-bond acceptors (Lipinski definition) is 3. The SMILES string of the molecule is CCc1ccccc1OCC(=O)NCC(=O)O. The van der Waals surface area contributed by atoms with Crippen molar-refractivity contribution in [1.29, 1.82) is 0 Å². The third-order valence-corrected chi connectivity index (χ3v) is 2.15. The highest BCUT2D eigenvalue weighted by Crippen LogP contribution is 2.17. The van der Waals surface area contributed by atoms with Gasteiger partial charge in [0.1, 0.15) is 12.3 Å². The van der Waals surface area contributed by atoms with Crippen molar-refractivity contribution >= 4 is 11.9 Å². The molecule has 1 aromatic rings. The van der Waals surface area contributed by atoms with Gasteiger partial charge in [0.25, 0.3) is 5.91 Å². The van der Waals surface area contributed by atoms with Crippen molar-refractivity contribution < 1.29 is 19.4 Å². The van der Waals surface area contributed by atoms with E-state index in [1.807, 2.05) is 25.1 Å². The van der Waals surface area contributed by atoms with Crippen LogP contribution in [0.5, 0.6) is 5.75 Å². The van der Waals surface area contributed by atoms with Gasteiger partial charge in [-0.25, -0.2) is 0 Å². The zero-order chi connectivity index (χ0) is 12.7. The Labute approximate surface area is 99.4 Å². The third-order valence-electron chi connectivity index (χ3n) is 2.15. The minimum Gasteiger partial charge on any atom is -0.483 e.